The van der Waals surface area contributed by atoms with E-state index >= 15 is 0 Å². The predicted molar refractivity (Wildman–Crippen MR) is 80.5 cm³/mol. The first-order valence-corrected chi connectivity index (χ1v) is 6.73. The summed E-state index contributed by atoms with van der Waals surface area (Å²) < 4.78 is 14.6. The zero-order valence-electron chi connectivity index (χ0n) is 11.6. The minimum atomic E-state index is -0.273. The highest BCUT2D eigenvalue weighted by atomic mass is 19.1. The van der Waals surface area contributed by atoms with E-state index in [4.69, 9.17) is 5.73 Å². The van der Waals surface area contributed by atoms with Gasteiger partial charge in [0.05, 0.1) is 5.69 Å². The molecule has 0 atom stereocenters. The van der Waals surface area contributed by atoms with Gasteiger partial charge >= 0.3 is 0 Å². The lowest BCUT2D eigenvalue weighted by Crippen LogP contribution is -1.96. The second-order valence-electron chi connectivity index (χ2n) is 4.76. The molecule has 3 aromatic rings. The predicted octanol–water partition coefficient (Wildman–Crippen LogP) is 3.22. The van der Waals surface area contributed by atoms with Crippen LogP contribution in [0.5, 0.6) is 0 Å². The average molecular weight is 282 g/mol. The molecule has 21 heavy (non-hydrogen) atoms. The van der Waals surface area contributed by atoms with Gasteiger partial charge in [-0.15, -0.1) is 5.10 Å². The van der Waals surface area contributed by atoms with Gasteiger partial charge in [0.15, 0.2) is 5.82 Å². The Kier molecular flexibility index (Phi) is 3.39. The Morgan fingerprint density at radius 2 is 1.90 bits per heavy atom. The van der Waals surface area contributed by atoms with E-state index in [0.717, 1.165) is 28.9 Å². The SMILES string of the molecule is CCc1cc(-c2ncn(-c3ccc(F)cc3)n2)ccc1N. The smallest absolute Gasteiger partial charge is 0.181 e. The molecule has 0 spiro atoms. The van der Waals surface area contributed by atoms with Crippen LogP contribution in [0, 0.1) is 5.82 Å². The van der Waals surface area contributed by atoms with Gasteiger partial charge in [-0.3, -0.25) is 0 Å². The molecular weight excluding hydrogens is 267 g/mol. The first-order chi connectivity index (χ1) is 10.2. The fraction of sp³-hybridized carbons (Fsp3) is 0.125. The molecule has 0 unspecified atom stereocenters. The Balaban J connectivity index is 1.96. The van der Waals surface area contributed by atoms with Gasteiger partial charge in [0.2, 0.25) is 0 Å². The van der Waals surface area contributed by atoms with Crippen molar-refractivity contribution in [2.75, 3.05) is 5.73 Å². The summed E-state index contributed by atoms with van der Waals surface area (Å²) in [6.45, 7) is 2.06. The summed E-state index contributed by atoms with van der Waals surface area (Å²) in [6, 6.07) is 11.9. The highest BCUT2D eigenvalue weighted by Gasteiger charge is 2.07. The Labute approximate surface area is 122 Å². The summed E-state index contributed by atoms with van der Waals surface area (Å²) in [5, 5.41) is 4.43. The number of hydrogen-bond donors (Lipinski definition) is 1. The summed E-state index contributed by atoms with van der Waals surface area (Å²) in [4.78, 5) is 4.31. The van der Waals surface area contributed by atoms with Crippen LogP contribution in [0.2, 0.25) is 0 Å². The molecule has 0 aliphatic rings. The standard InChI is InChI=1S/C16H15FN4/c1-2-11-9-12(3-8-15(11)18)16-19-10-21(20-16)14-6-4-13(17)5-7-14/h3-10H,2,18H2,1H3. The van der Waals surface area contributed by atoms with E-state index in [2.05, 4.69) is 17.0 Å². The number of nitrogen functional groups attached to an aromatic ring is 1. The summed E-state index contributed by atoms with van der Waals surface area (Å²) in [6.07, 6.45) is 2.48. The van der Waals surface area contributed by atoms with Gasteiger partial charge in [-0.25, -0.2) is 14.1 Å². The molecule has 0 radical (unpaired) electrons. The molecular formula is C16H15FN4. The van der Waals surface area contributed by atoms with Crippen LogP contribution in [0.3, 0.4) is 0 Å². The number of nitrogens with zero attached hydrogens (tertiary/aromatic N) is 3. The van der Waals surface area contributed by atoms with E-state index in [1.165, 1.54) is 12.1 Å². The van der Waals surface area contributed by atoms with Gasteiger partial charge in [0, 0.05) is 11.3 Å². The van der Waals surface area contributed by atoms with Crippen LogP contribution >= 0.6 is 0 Å². The molecule has 2 N–H and O–H groups in total. The molecule has 3 rings (SSSR count). The Morgan fingerprint density at radius 3 is 2.62 bits per heavy atom. The van der Waals surface area contributed by atoms with Crippen LogP contribution in [0.4, 0.5) is 10.1 Å². The number of nitrogens with two attached hydrogens (primary N) is 1. The van der Waals surface area contributed by atoms with Gasteiger partial charge in [0.1, 0.15) is 12.1 Å². The fourth-order valence-corrected chi connectivity index (χ4v) is 2.16. The molecule has 0 aliphatic heterocycles. The van der Waals surface area contributed by atoms with E-state index in [1.54, 1.807) is 23.1 Å². The third kappa shape index (κ3) is 2.63. The number of anilines is 1. The van der Waals surface area contributed by atoms with Crippen molar-refractivity contribution in [1.82, 2.24) is 14.8 Å². The van der Waals surface area contributed by atoms with Gasteiger partial charge in [-0.05, 0) is 54.4 Å². The Bertz CT molecular complexity index is 762. The zero-order chi connectivity index (χ0) is 14.8. The lowest BCUT2D eigenvalue weighted by Gasteiger charge is -2.04. The monoisotopic (exact) mass is 282 g/mol. The Morgan fingerprint density at radius 1 is 1.14 bits per heavy atom. The van der Waals surface area contributed by atoms with Gasteiger partial charge in [0.25, 0.3) is 0 Å². The van der Waals surface area contributed by atoms with Crippen molar-refractivity contribution in [2.24, 2.45) is 0 Å². The lowest BCUT2D eigenvalue weighted by atomic mass is 10.1. The van der Waals surface area contributed by atoms with E-state index in [-0.39, 0.29) is 5.82 Å². The van der Waals surface area contributed by atoms with E-state index < -0.39 is 0 Å². The lowest BCUT2D eigenvalue weighted by molar-refractivity contribution is 0.627. The summed E-state index contributed by atoms with van der Waals surface area (Å²) in [5.41, 5.74) is 9.44. The molecule has 1 aromatic heterocycles. The molecule has 0 saturated heterocycles. The molecule has 0 bridgehead atoms. The summed E-state index contributed by atoms with van der Waals surface area (Å²) in [7, 11) is 0. The number of rotatable bonds is 3. The largest absolute Gasteiger partial charge is 0.399 e. The molecule has 0 fully saturated rings. The van der Waals surface area contributed by atoms with Crippen LogP contribution in [0.25, 0.3) is 17.1 Å². The van der Waals surface area contributed by atoms with Crippen LogP contribution in [0.1, 0.15) is 12.5 Å². The van der Waals surface area contributed by atoms with Crippen LogP contribution in [-0.4, -0.2) is 14.8 Å². The number of aryl methyl sites for hydroxylation is 1. The van der Waals surface area contributed by atoms with Crippen molar-refractivity contribution >= 4 is 5.69 Å². The summed E-state index contributed by atoms with van der Waals surface area (Å²) in [5.74, 6) is 0.347. The first-order valence-electron chi connectivity index (χ1n) is 6.73. The quantitative estimate of drug-likeness (QED) is 0.750. The fourth-order valence-electron chi connectivity index (χ4n) is 2.16. The number of halogens is 1. The number of benzene rings is 2. The minimum Gasteiger partial charge on any atom is -0.399 e. The molecule has 0 saturated carbocycles. The highest BCUT2D eigenvalue weighted by molar-refractivity contribution is 5.62. The number of hydrogen-bond acceptors (Lipinski definition) is 3. The van der Waals surface area contributed by atoms with Gasteiger partial charge in [-0.2, -0.15) is 0 Å². The van der Waals surface area contributed by atoms with Gasteiger partial charge in [-0.1, -0.05) is 6.92 Å². The van der Waals surface area contributed by atoms with Crippen molar-refractivity contribution in [1.29, 1.82) is 0 Å². The summed E-state index contributed by atoms with van der Waals surface area (Å²) >= 11 is 0. The maximum Gasteiger partial charge on any atom is 0.181 e. The second kappa shape index (κ2) is 5.36. The van der Waals surface area contributed by atoms with Crippen molar-refractivity contribution in [2.45, 2.75) is 13.3 Å². The molecule has 0 aliphatic carbocycles. The molecule has 0 amide bonds. The second-order valence-corrected chi connectivity index (χ2v) is 4.76. The van der Waals surface area contributed by atoms with Crippen LogP contribution < -0.4 is 5.73 Å². The maximum atomic E-state index is 12.9. The van der Waals surface area contributed by atoms with E-state index in [9.17, 15) is 4.39 Å². The molecule has 1 heterocycles. The van der Waals surface area contributed by atoms with Crippen molar-refractivity contribution < 1.29 is 4.39 Å². The highest BCUT2D eigenvalue weighted by Crippen LogP contribution is 2.22. The average Bonchev–Trinajstić information content (AvgIpc) is 2.98. The molecule has 5 heteroatoms. The molecule has 2 aromatic carbocycles. The topological polar surface area (TPSA) is 56.7 Å². The van der Waals surface area contributed by atoms with Crippen molar-refractivity contribution in [3.63, 3.8) is 0 Å². The molecule has 4 nitrogen and oxygen atoms in total. The maximum absolute atomic E-state index is 12.9. The Hall–Kier alpha value is -2.69. The van der Waals surface area contributed by atoms with Gasteiger partial charge < -0.3 is 5.73 Å². The molecule has 106 valence electrons. The van der Waals surface area contributed by atoms with Crippen molar-refractivity contribution in [3.8, 4) is 17.1 Å². The third-order valence-corrected chi connectivity index (χ3v) is 3.37. The third-order valence-electron chi connectivity index (χ3n) is 3.37. The zero-order valence-corrected chi connectivity index (χ0v) is 11.6. The number of aromatic nitrogens is 3. The first kappa shape index (κ1) is 13.3. The minimum absolute atomic E-state index is 0.273. The van der Waals surface area contributed by atoms with Crippen LogP contribution in [0.15, 0.2) is 48.8 Å². The van der Waals surface area contributed by atoms with Crippen LogP contribution in [-0.2, 0) is 6.42 Å². The van der Waals surface area contributed by atoms with E-state index in [1.807, 2.05) is 18.2 Å². The van der Waals surface area contributed by atoms with E-state index in [0.29, 0.717) is 5.82 Å². The normalized spacial score (nSPS) is 10.8. The van der Waals surface area contributed by atoms with Crippen molar-refractivity contribution in [3.05, 3.63) is 60.2 Å².